The van der Waals surface area contributed by atoms with Crippen molar-refractivity contribution in [3.8, 4) is 0 Å². The molecule has 2 aromatic carbocycles. The van der Waals surface area contributed by atoms with Gasteiger partial charge in [0.25, 0.3) is 11.6 Å². The van der Waals surface area contributed by atoms with Gasteiger partial charge in [-0.15, -0.1) is 0 Å². The van der Waals surface area contributed by atoms with Crippen LogP contribution in [-0.4, -0.2) is 16.7 Å². The van der Waals surface area contributed by atoms with Crippen molar-refractivity contribution >= 4 is 40.9 Å². The van der Waals surface area contributed by atoms with E-state index in [2.05, 4.69) is 10.6 Å². The molecule has 0 aliphatic carbocycles. The fourth-order valence-electron chi connectivity index (χ4n) is 2.09. The van der Waals surface area contributed by atoms with Crippen LogP contribution in [0.1, 0.15) is 26.3 Å². The molecule has 146 valence electrons. The molecule has 2 aromatic rings. The molecule has 28 heavy (non-hydrogen) atoms. The molecule has 0 fully saturated rings. The Morgan fingerprint density at radius 2 is 1.75 bits per heavy atom. The molecule has 0 aromatic heterocycles. The molecule has 0 saturated carbocycles. The maximum atomic E-state index is 12.7. The summed E-state index contributed by atoms with van der Waals surface area (Å²) in [6, 6.07) is 12.3. The first-order valence-corrected chi connectivity index (χ1v) is 8.78. The lowest BCUT2D eigenvalue weighted by molar-refractivity contribution is -0.384. The molecular weight excluding hydrogens is 382 g/mol. The van der Waals surface area contributed by atoms with E-state index in [9.17, 15) is 19.7 Å². The van der Waals surface area contributed by atoms with Crippen LogP contribution in [0.15, 0.2) is 54.2 Å². The van der Waals surface area contributed by atoms with Crippen molar-refractivity contribution in [2.45, 2.75) is 20.8 Å². The van der Waals surface area contributed by atoms with E-state index in [0.29, 0.717) is 10.6 Å². The van der Waals surface area contributed by atoms with Crippen molar-refractivity contribution in [3.63, 3.8) is 0 Å². The monoisotopic (exact) mass is 401 g/mol. The fraction of sp³-hybridized carbons (Fsp3) is 0.200. The molecule has 7 nitrogen and oxygen atoms in total. The largest absolute Gasteiger partial charge is 0.321 e. The Labute approximate surface area is 167 Å². The molecule has 0 saturated heterocycles. The lowest BCUT2D eigenvalue weighted by Gasteiger charge is -2.19. The number of nitrogens with one attached hydrogen (secondary N) is 2. The van der Waals surface area contributed by atoms with Crippen molar-refractivity contribution < 1.29 is 14.5 Å². The van der Waals surface area contributed by atoms with E-state index in [1.807, 2.05) is 0 Å². The van der Waals surface area contributed by atoms with Crippen molar-refractivity contribution in [2.24, 2.45) is 5.41 Å². The molecule has 0 aliphatic rings. The zero-order valence-electron chi connectivity index (χ0n) is 15.7. The maximum absolute atomic E-state index is 12.7. The van der Waals surface area contributed by atoms with Gasteiger partial charge in [0.1, 0.15) is 5.70 Å². The highest BCUT2D eigenvalue weighted by molar-refractivity contribution is 6.30. The topological polar surface area (TPSA) is 101 Å². The Bertz CT molecular complexity index is 931. The third-order valence-corrected chi connectivity index (χ3v) is 3.92. The Hall–Kier alpha value is -3.19. The van der Waals surface area contributed by atoms with Gasteiger partial charge in [-0.25, -0.2) is 0 Å². The SMILES string of the molecule is CC(C)(C)C(=O)N/C(=C/c1ccc(Cl)cc1)C(=O)Nc1cccc([N+](=O)[O-])c1. The lowest BCUT2D eigenvalue weighted by atomic mass is 9.95. The van der Waals surface area contributed by atoms with Gasteiger partial charge in [-0.3, -0.25) is 19.7 Å². The zero-order valence-corrected chi connectivity index (χ0v) is 16.4. The standard InChI is InChI=1S/C20H20ClN3O4/c1-20(2,3)19(26)23-17(11-13-7-9-14(21)10-8-13)18(25)22-15-5-4-6-16(12-15)24(27)28/h4-12H,1-3H3,(H,22,25)(H,23,26)/b17-11+. The van der Waals surface area contributed by atoms with Crippen molar-refractivity contribution in [3.05, 3.63) is 74.9 Å². The first-order chi connectivity index (χ1) is 13.1. The van der Waals surface area contributed by atoms with Gasteiger partial charge in [-0.05, 0) is 29.8 Å². The number of halogens is 1. The Morgan fingerprint density at radius 1 is 1.11 bits per heavy atom. The van der Waals surface area contributed by atoms with Crippen LogP contribution in [0.3, 0.4) is 0 Å². The summed E-state index contributed by atoms with van der Waals surface area (Å²) in [5, 5.41) is 16.6. The van der Waals surface area contributed by atoms with Gasteiger partial charge in [0.2, 0.25) is 5.91 Å². The second kappa shape index (κ2) is 8.67. The number of nitrogens with zero attached hydrogens (tertiary/aromatic N) is 1. The molecule has 0 unspecified atom stereocenters. The average Bonchev–Trinajstić information content (AvgIpc) is 2.62. The maximum Gasteiger partial charge on any atom is 0.272 e. The van der Waals surface area contributed by atoms with E-state index < -0.39 is 16.2 Å². The van der Waals surface area contributed by atoms with Crippen molar-refractivity contribution in [2.75, 3.05) is 5.32 Å². The molecule has 0 atom stereocenters. The molecule has 2 amide bonds. The smallest absolute Gasteiger partial charge is 0.272 e. The van der Waals surface area contributed by atoms with Gasteiger partial charge in [-0.1, -0.05) is 50.6 Å². The van der Waals surface area contributed by atoms with Crippen LogP contribution in [0, 0.1) is 15.5 Å². The predicted octanol–water partition coefficient (Wildman–Crippen LogP) is 4.39. The van der Waals surface area contributed by atoms with E-state index >= 15 is 0 Å². The summed E-state index contributed by atoms with van der Waals surface area (Å²) in [4.78, 5) is 35.5. The van der Waals surface area contributed by atoms with E-state index in [4.69, 9.17) is 11.6 Å². The van der Waals surface area contributed by atoms with Gasteiger partial charge in [0.15, 0.2) is 0 Å². The second-order valence-electron chi connectivity index (χ2n) is 7.08. The van der Waals surface area contributed by atoms with E-state index in [1.165, 1.54) is 30.3 Å². The first-order valence-electron chi connectivity index (χ1n) is 8.41. The number of non-ortho nitro benzene ring substituents is 1. The molecule has 0 bridgehead atoms. The summed E-state index contributed by atoms with van der Waals surface area (Å²) in [5.74, 6) is -0.949. The number of benzene rings is 2. The highest BCUT2D eigenvalue weighted by Crippen LogP contribution is 2.19. The minimum absolute atomic E-state index is 0.00811. The third-order valence-electron chi connectivity index (χ3n) is 3.67. The first kappa shape index (κ1) is 21.1. The van der Waals surface area contributed by atoms with Crippen LogP contribution < -0.4 is 10.6 Å². The average molecular weight is 402 g/mol. The molecule has 2 rings (SSSR count). The minimum atomic E-state index is -0.717. The molecule has 0 radical (unpaired) electrons. The molecular formula is C20H20ClN3O4. The Morgan fingerprint density at radius 3 is 2.32 bits per heavy atom. The number of rotatable bonds is 5. The zero-order chi connectivity index (χ0) is 20.9. The summed E-state index contributed by atoms with van der Waals surface area (Å²) in [7, 11) is 0. The summed E-state index contributed by atoms with van der Waals surface area (Å²) in [6.45, 7) is 5.17. The van der Waals surface area contributed by atoms with Crippen molar-refractivity contribution in [1.82, 2.24) is 5.32 Å². The van der Waals surface area contributed by atoms with E-state index in [1.54, 1.807) is 45.0 Å². The normalized spacial score (nSPS) is 11.6. The molecule has 0 heterocycles. The molecule has 0 spiro atoms. The highest BCUT2D eigenvalue weighted by Gasteiger charge is 2.24. The van der Waals surface area contributed by atoms with Crippen LogP contribution in [0.5, 0.6) is 0 Å². The summed E-state index contributed by atoms with van der Waals surface area (Å²) >= 11 is 5.88. The molecule has 0 aliphatic heterocycles. The van der Waals surface area contributed by atoms with E-state index in [-0.39, 0.29) is 23.0 Å². The van der Waals surface area contributed by atoms with Gasteiger partial charge in [0.05, 0.1) is 4.92 Å². The summed E-state index contributed by atoms with van der Waals surface area (Å²) < 4.78 is 0. The van der Waals surface area contributed by atoms with Gasteiger partial charge in [-0.2, -0.15) is 0 Å². The van der Waals surface area contributed by atoms with Crippen LogP contribution in [-0.2, 0) is 9.59 Å². The number of nitro benzene ring substituents is 1. The Balaban J connectivity index is 2.33. The second-order valence-corrected chi connectivity index (χ2v) is 7.51. The van der Waals surface area contributed by atoms with Gasteiger partial charge < -0.3 is 10.6 Å². The number of amides is 2. The minimum Gasteiger partial charge on any atom is -0.321 e. The number of hydrogen-bond acceptors (Lipinski definition) is 4. The number of hydrogen-bond donors (Lipinski definition) is 2. The van der Waals surface area contributed by atoms with Crippen LogP contribution in [0.4, 0.5) is 11.4 Å². The van der Waals surface area contributed by atoms with E-state index in [0.717, 1.165) is 0 Å². The number of anilines is 1. The fourth-order valence-corrected chi connectivity index (χ4v) is 2.22. The van der Waals surface area contributed by atoms with Crippen LogP contribution in [0.25, 0.3) is 6.08 Å². The lowest BCUT2D eigenvalue weighted by Crippen LogP contribution is -2.38. The summed E-state index contributed by atoms with van der Waals surface area (Å²) in [6.07, 6.45) is 1.51. The summed E-state index contributed by atoms with van der Waals surface area (Å²) in [5.41, 5.74) is 0.0350. The number of nitro groups is 1. The predicted molar refractivity (Wildman–Crippen MR) is 109 cm³/mol. The third kappa shape index (κ3) is 5.92. The van der Waals surface area contributed by atoms with Crippen LogP contribution in [0.2, 0.25) is 5.02 Å². The quantitative estimate of drug-likeness (QED) is 0.440. The Kier molecular flexibility index (Phi) is 6.53. The van der Waals surface area contributed by atoms with Crippen molar-refractivity contribution in [1.29, 1.82) is 0 Å². The van der Waals surface area contributed by atoms with Gasteiger partial charge in [0, 0.05) is 28.3 Å². The highest BCUT2D eigenvalue weighted by atomic mass is 35.5. The molecule has 2 N–H and O–H groups in total. The molecule has 8 heteroatoms. The van der Waals surface area contributed by atoms with Crippen LogP contribution >= 0.6 is 11.6 Å². The number of carbonyl (C=O) groups excluding carboxylic acids is 2. The number of carbonyl (C=O) groups is 2. The van der Waals surface area contributed by atoms with Gasteiger partial charge >= 0.3 is 0 Å².